The van der Waals surface area contributed by atoms with E-state index >= 15 is 0 Å². The molecule has 0 saturated carbocycles. The van der Waals surface area contributed by atoms with Crippen molar-refractivity contribution < 1.29 is 5.11 Å². The maximum absolute atomic E-state index is 9.14. The zero-order valence-corrected chi connectivity index (χ0v) is 7.94. The third kappa shape index (κ3) is 1.74. The maximum atomic E-state index is 9.14. The second kappa shape index (κ2) is 3.50. The SMILES string of the molecule is Cc1cccc(-c2ccc(O)cc2)n1. The van der Waals surface area contributed by atoms with E-state index in [4.69, 9.17) is 5.11 Å². The van der Waals surface area contributed by atoms with Crippen LogP contribution in [0, 0.1) is 6.92 Å². The molecule has 0 unspecified atom stereocenters. The van der Waals surface area contributed by atoms with Gasteiger partial charge in [-0.3, -0.25) is 4.98 Å². The van der Waals surface area contributed by atoms with Crippen LogP contribution < -0.4 is 0 Å². The summed E-state index contributed by atoms with van der Waals surface area (Å²) in [6.07, 6.45) is 0. The quantitative estimate of drug-likeness (QED) is 0.741. The molecule has 0 radical (unpaired) electrons. The summed E-state index contributed by atoms with van der Waals surface area (Å²) in [5.74, 6) is 0.279. The number of rotatable bonds is 1. The van der Waals surface area contributed by atoms with E-state index in [0.717, 1.165) is 17.0 Å². The molecule has 1 N–H and O–H groups in total. The molecule has 0 saturated heterocycles. The van der Waals surface area contributed by atoms with E-state index in [1.807, 2.05) is 37.3 Å². The monoisotopic (exact) mass is 185 g/mol. The molecule has 1 aromatic heterocycles. The second-order valence-electron chi connectivity index (χ2n) is 3.21. The summed E-state index contributed by atoms with van der Waals surface area (Å²) in [4.78, 5) is 4.39. The van der Waals surface area contributed by atoms with Gasteiger partial charge in [-0.05, 0) is 43.3 Å². The van der Waals surface area contributed by atoms with Gasteiger partial charge >= 0.3 is 0 Å². The lowest BCUT2D eigenvalue weighted by atomic mass is 10.1. The summed E-state index contributed by atoms with van der Waals surface area (Å²) in [6.45, 7) is 1.96. The predicted octanol–water partition coefficient (Wildman–Crippen LogP) is 2.76. The zero-order valence-electron chi connectivity index (χ0n) is 7.94. The van der Waals surface area contributed by atoms with E-state index < -0.39 is 0 Å². The Bertz CT molecular complexity index is 434. The van der Waals surface area contributed by atoms with Crippen molar-refractivity contribution in [2.75, 3.05) is 0 Å². The van der Waals surface area contributed by atoms with Gasteiger partial charge in [0.15, 0.2) is 0 Å². The third-order valence-corrected chi connectivity index (χ3v) is 2.05. The van der Waals surface area contributed by atoms with Crippen molar-refractivity contribution >= 4 is 0 Å². The molecule has 2 rings (SSSR count). The fourth-order valence-corrected chi connectivity index (χ4v) is 1.34. The third-order valence-electron chi connectivity index (χ3n) is 2.05. The molecule has 0 amide bonds. The van der Waals surface area contributed by atoms with Gasteiger partial charge < -0.3 is 5.11 Å². The lowest BCUT2D eigenvalue weighted by Crippen LogP contribution is -1.85. The number of hydrogen-bond donors (Lipinski definition) is 1. The number of hydrogen-bond acceptors (Lipinski definition) is 2. The van der Waals surface area contributed by atoms with Crippen molar-refractivity contribution in [3.63, 3.8) is 0 Å². The van der Waals surface area contributed by atoms with Gasteiger partial charge in [-0.1, -0.05) is 6.07 Å². The molecular weight excluding hydrogens is 174 g/mol. The molecule has 1 aromatic carbocycles. The molecule has 2 aromatic rings. The Morgan fingerprint density at radius 3 is 2.36 bits per heavy atom. The number of pyridine rings is 1. The van der Waals surface area contributed by atoms with E-state index in [2.05, 4.69) is 4.98 Å². The Morgan fingerprint density at radius 2 is 1.71 bits per heavy atom. The summed E-state index contributed by atoms with van der Waals surface area (Å²) in [7, 11) is 0. The van der Waals surface area contributed by atoms with Crippen LogP contribution in [-0.2, 0) is 0 Å². The van der Waals surface area contributed by atoms with Gasteiger partial charge in [0.25, 0.3) is 0 Å². The number of phenolic OH excluding ortho intramolecular Hbond substituents is 1. The highest BCUT2D eigenvalue weighted by Crippen LogP contribution is 2.19. The fourth-order valence-electron chi connectivity index (χ4n) is 1.34. The number of aryl methyl sites for hydroxylation is 1. The van der Waals surface area contributed by atoms with Crippen LogP contribution in [0.1, 0.15) is 5.69 Å². The first kappa shape index (κ1) is 8.75. The highest BCUT2D eigenvalue weighted by atomic mass is 16.3. The molecule has 0 aliphatic rings. The zero-order chi connectivity index (χ0) is 9.97. The minimum absolute atomic E-state index is 0.279. The Balaban J connectivity index is 2.44. The Labute approximate surface area is 82.9 Å². The molecule has 0 fully saturated rings. The smallest absolute Gasteiger partial charge is 0.115 e. The summed E-state index contributed by atoms with van der Waals surface area (Å²) in [6, 6.07) is 12.9. The molecule has 0 spiro atoms. The average Bonchev–Trinajstić information content (AvgIpc) is 2.19. The highest BCUT2D eigenvalue weighted by molar-refractivity contribution is 5.59. The molecule has 14 heavy (non-hydrogen) atoms. The van der Waals surface area contributed by atoms with E-state index in [1.165, 1.54) is 0 Å². The number of phenols is 1. The molecule has 0 bridgehead atoms. The van der Waals surface area contributed by atoms with Gasteiger partial charge in [0.2, 0.25) is 0 Å². The Morgan fingerprint density at radius 1 is 1.00 bits per heavy atom. The number of nitrogens with zero attached hydrogens (tertiary/aromatic N) is 1. The van der Waals surface area contributed by atoms with Gasteiger partial charge in [-0.15, -0.1) is 0 Å². The van der Waals surface area contributed by atoms with E-state index in [1.54, 1.807) is 12.1 Å². The molecule has 1 heterocycles. The molecule has 0 aliphatic heterocycles. The number of aromatic hydroxyl groups is 1. The van der Waals surface area contributed by atoms with Crippen LogP contribution in [0.3, 0.4) is 0 Å². The predicted molar refractivity (Wildman–Crippen MR) is 56.1 cm³/mol. The first-order valence-corrected chi connectivity index (χ1v) is 4.49. The summed E-state index contributed by atoms with van der Waals surface area (Å²) in [5, 5.41) is 9.14. The Hall–Kier alpha value is -1.83. The van der Waals surface area contributed by atoms with Gasteiger partial charge in [-0.2, -0.15) is 0 Å². The minimum Gasteiger partial charge on any atom is -0.508 e. The number of aromatic nitrogens is 1. The van der Waals surface area contributed by atoms with Crippen molar-refractivity contribution in [1.29, 1.82) is 0 Å². The van der Waals surface area contributed by atoms with Crippen LogP contribution in [0.5, 0.6) is 5.75 Å². The van der Waals surface area contributed by atoms with Crippen LogP contribution in [-0.4, -0.2) is 10.1 Å². The van der Waals surface area contributed by atoms with Gasteiger partial charge in [0.1, 0.15) is 5.75 Å². The summed E-state index contributed by atoms with van der Waals surface area (Å²) in [5.41, 5.74) is 2.95. The van der Waals surface area contributed by atoms with E-state index in [0.29, 0.717) is 0 Å². The van der Waals surface area contributed by atoms with Crippen molar-refractivity contribution in [3.05, 3.63) is 48.2 Å². The van der Waals surface area contributed by atoms with Crippen LogP contribution in [0.4, 0.5) is 0 Å². The summed E-state index contributed by atoms with van der Waals surface area (Å²) >= 11 is 0. The topological polar surface area (TPSA) is 33.1 Å². The summed E-state index contributed by atoms with van der Waals surface area (Å²) < 4.78 is 0. The molecule has 0 atom stereocenters. The fraction of sp³-hybridized carbons (Fsp3) is 0.0833. The lowest BCUT2D eigenvalue weighted by molar-refractivity contribution is 0.475. The van der Waals surface area contributed by atoms with Crippen LogP contribution in [0.2, 0.25) is 0 Å². The van der Waals surface area contributed by atoms with Crippen molar-refractivity contribution in [2.45, 2.75) is 6.92 Å². The maximum Gasteiger partial charge on any atom is 0.115 e. The molecule has 70 valence electrons. The number of benzene rings is 1. The normalized spacial score (nSPS) is 10.1. The Kier molecular flexibility index (Phi) is 2.19. The molecule has 2 nitrogen and oxygen atoms in total. The average molecular weight is 185 g/mol. The van der Waals surface area contributed by atoms with Crippen molar-refractivity contribution in [3.8, 4) is 17.0 Å². The van der Waals surface area contributed by atoms with Gasteiger partial charge in [-0.25, -0.2) is 0 Å². The van der Waals surface area contributed by atoms with Gasteiger partial charge in [0.05, 0.1) is 5.69 Å². The highest BCUT2D eigenvalue weighted by Gasteiger charge is 1.98. The van der Waals surface area contributed by atoms with E-state index in [-0.39, 0.29) is 5.75 Å². The van der Waals surface area contributed by atoms with Gasteiger partial charge in [0, 0.05) is 11.3 Å². The molecule has 0 aliphatic carbocycles. The van der Waals surface area contributed by atoms with Crippen LogP contribution in [0.25, 0.3) is 11.3 Å². The largest absolute Gasteiger partial charge is 0.508 e. The van der Waals surface area contributed by atoms with Crippen LogP contribution >= 0.6 is 0 Å². The van der Waals surface area contributed by atoms with Crippen LogP contribution in [0.15, 0.2) is 42.5 Å². The lowest BCUT2D eigenvalue weighted by Gasteiger charge is -2.01. The first-order valence-electron chi connectivity index (χ1n) is 4.49. The van der Waals surface area contributed by atoms with E-state index in [9.17, 15) is 0 Å². The minimum atomic E-state index is 0.279. The van der Waals surface area contributed by atoms with Crippen molar-refractivity contribution in [1.82, 2.24) is 4.98 Å². The molecular formula is C12H11NO. The second-order valence-corrected chi connectivity index (χ2v) is 3.21. The van der Waals surface area contributed by atoms with Crippen molar-refractivity contribution in [2.24, 2.45) is 0 Å². The first-order chi connectivity index (χ1) is 6.75. The standard InChI is InChI=1S/C12H11NO/c1-9-3-2-4-12(13-9)10-5-7-11(14)8-6-10/h2-8,14H,1H3. The molecule has 2 heteroatoms.